The third kappa shape index (κ3) is 4.44. The predicted molar refractivity (Wildman–Crippen MR) is 81.3 cm³/mol. The number of hydrogen-bond donors (Lipinski definition) is 2. The molecule has 2 N–H and O–H groups in total. The molecule has 0 saturated heterocycles. The molecule has 0 amide bonds. The molecule has 1 rings (SSSR count). The van der Waals surface area contributed by atoms with Gasteiger partial charge in [-0.1, -0.05) is 6.92 Å². The zero-order valence-corrected chi connectivity index (χ0v) is 13.7. The minimum atomic E-state index is -3.67. The number of rotatable bonds is 7. The number of sulfonamides is 1. The fourth-order valence-electron chi connectivity index (χ4n) is 1.61. The van der Waals surface area contributed by atoms with Crippen LogP contribution in [0.5, 0.6) is 0 Å². The number of thioether (sulfide) groups is 1. The first-order valence-electron chi connectivity index (χ1n) is 6.27. The normalized spacial score (nSPS) is 13.4. The fraction of sp³-hybridized carbons (Fsp3) is 0.462. The van der Waals surface area contributed by atoms with Gasteiger partial charge in [0, 0.05) is 30.8 Å². The summed E-state index contributed by atoms with van der Waals surface area (Å²) in [4.78, 5) is 11.8. The Labute approximate surface area is 128 Å². The molecule has 0 saturated carbocycles. The van der Waals surface area contributed by atoms with Gasteiger partial charge in [0.2, 0.25) is 10.0 Å². The summed E-state index contributed by atoms with van der Waals surface area (Å²) in [5.74, 6) is -1.18. The molecule has 6 nitrogen and oxygen atoms in total. The lowest BCUT2D eigenvalue weighted by molar-refractivity contribution is 0.0693. The van der Waals surface area contributed by atoms with Crippen LogP contribution < -0.4 is 0 Å². The van der Waals surface area contributed by atoms with Crippen LogP contribution in [-0.4, -0.2) is 54.9 Å². The van der Waals surface area contributed by atoms with E-state index in [0.29, 0.717) is 11.3 Å². The van der Waals surface area contributed by atoms with Gasteiger partial charge in [0.05, 0.1) is 10.5 Å². The summed E-state index contributed by atoms with van der Waals surface area (Å²) in [5.41, 5.74) is -0.0484. The Balaban J connectivity index is 3.23. The molecule has 0 radical (unpaired) electrons. The first kappa shape index (κ1) is 18.0. The molecule has 8 heteroatoms. The second-order valence-electron chi connectivity index (χ2n) is 4.69. The highest BCUT2D eigenvalue weighted by Crippen LogP contribution is 2.30. The number of nitrogens with zero attached hydrogens (tertiary/aromatic N) is 1. The first-order chi connectivity index (χ1) is 9.70. The van der Waals surface area contributed by atoms with Crippen molar-refractivity contribution in [2.24, 2.45) is 0 Å². The van der Waals surface area contributed by atoms with Crippen LogP contribution in [0.15, 0.2) is 28.0 Å². The summed E-state index contributed by atoms with van der Waals surface area (Å²) in [5, 5.41) is 18.2. The monoisotopic (exact) mass is 333 g/mol. The molecule has 0 heterocycles. The molecule has 0 fully saturated rings. The SMILES string of the molecule is CC(CCO)Sc1ccc(S(=O)(=O)N(C)C)cc1C(=O)O. The maximum absolute atomic E-state index is 12.0. The summed E-state index contributed by atoms with van der Waals surface area (Å²) >= 11 is 1.30. The molecule has 0 bridgehead atoms. The van der Waals surface area contributed by atoms with Crippen LogP contribution in [0.3, 0.4) is 0 Å². The van der Waals surface area contributed by atoms with Gasteiger partial charge in [0.1, 0.15) is 0 Å². The van der Waals surface area contributed by atoms with E-state index in [1.54, 1.807) is 0 Å². The Morgan fingerprint density at radius 2 is 2.00 bits per heavy atom. The van der Waals surface area contributed by atoms with Gasteiger partial charge in [-0.25, -0.2) is 17.5 Å². The highest BCUT2D eigenvalue weighted by Gasteiger charge is 2.21. The van der Waals surface area contributed by atoms with E-state index in [9.17, 15) is 18.3 Å². The largest absolute Gasteiger partial charge is 0.478 e. The average Bonchev–Trinajstić information content (AvgIpc) is 2.38. The van der Waals surface area contributed by atoms with E-state index in [1.165, 1.54) is 44.1 Å². The third-order valence-corrected chi connectivity index (χ3v) is 5.88. The van der Waals surface area contributed by atoms with Crippen LogP contribution >= 0.6 is 11.8 Å². The Morgan fingerprint density at radius 1 is 1.38 bits per heavy atom. The summed E-state index contributed by atoms with van der Waals surface area (Å²) in [6.07, 6.45) is 0.529. The zero-order valence-electron chi connectivity index (χ0n) is 12.1. The maximum Gasteiger partial charge on any atom is 0.336 e. The van der Waals surface area contributed by atoms with Crippen molar-refractivity contribution in [3.63, 3.8) is 0 Å². The van der Waals surface area contributed by atoms with Crippen molar-refractivity contribution in [2.45, 2.75) is 28.4 Å². The van der Waals surface area contributed by atoms with Crippen LogP contribution in [-0.2, 0) is 10.0 Å². The van der Waals surface area contributed by atoms with E-state index in [4.69, 9.17) is 5.11 Å². The molecule has 0 aliphatic rings. The Hall–Kier alpha value is -1.09. The quantitative estimate of drug-likeness (QED) is 0.734. The van der Waals surface area contributed by atoms with E-state index in [0.717, 1.165) is 4.31 Å². The molecular formula is C13H19NO5S2. The molecule has 118 valence electrons. The zero-order chi connectivity index (χ0) is 16.2. The summed E-state index contributed by atoms with van der Waals surface area (Å²) < 4.78 is 25.1. The molecule has 0 aliphatic heterocycles. The maximum atomic E-state index is 12.0. The summed E-state index contributed by atoms with van der Waals surface area (Å²) in [6, 6.07) is 4.07. The van der Waals surface area contributed by atoms with Crippen molar-refractivity contribution >= 4 is 27.8 Å². The van der Waals surface area contributed by atoms with Crippen LogP contribution in [0.1, 0.15) is 23.7 Å². The molecule has 1 unspecified atom stereocenters. The number of aliphatic hydroxyl groups excluding tert-OH is 1. The van der Waals surface area contributed by atoms with E-state index >= 15 is 0 Å². The average molecular weight is 333 g/mol. The molecule has 1 aromatic rings. The van der Waals surface area contributed by atoms with Crippen LogP contribution in [0.4, 0.5) is 0 Å². The third-order valence-electron chi connectivity index (χ3n) is 2.82. The van der Waals surface area contributed by atoms with E-state index < -0.39 is 16.0 Å². The van der Waals surface area contributed by atoms with Gasteiger partial charge in [-0.05, 0) is 24.6 Å². The van der Waals surface area contributed by atoms with E-state index in [2.05, 4.69) is 0 Å². The van der Waals surface area contributed by atoms with Crippen molar-refractivity contribution in [2.75, 3.05) is 20.7 Å². The Morgan fingerprint density at radius 3 is 2.48 bits per heavy atom. The van der Waals surface area contributed by atoms with Gasteiger partial charge < -0.3 is 10.2 Å². The first-order valence-corrected chi connectivity index (χ1v) is 8.59. The Bertz CT molecular complexity index is 613. The standard InChI is InChI=1S/C13H19NO5S2/c1-9(6-7-15)20-12-5-4-10(8-11(12)13(16)17)21(18,19)14(2)3/h4-5,8-9,15H,6-7H2,1-3H3,(H,16,17). The van der Waals surface area contributed by atoms with Crippen molar-refractivity contribution < 1.29 is 23.4 Å². The molecule has 1 aromatic carbocycles. The smallest absolute Gasteiger partial charge is 0.336 e. The minimum Gasteiger partial charge on any atom is -0.478 e. The van der Waals surface area contributed by atoms with Gasteiger partial charge in [0.15, 0.2) is 0 Å². The van der Waals surface area contributed by atoms with Crippen molar-refractivity contribution in [3.8, 4) is 0 Å². The van der Waals surface area contributed by atoms with Crippen LogP contribution in [0, 0.1) is 0 Å². The number of hydrogen-bond acceptors (Lipinski definition) is 5. The highest BCUT2D eigenvalue weighted by atomic mass is 32.2. The molecular weight excluding hydrogens is 314 g/mol. The van der Waals surface area contributed by atoms with Gasteiger partial charge in [-0.2, -0.15) is 0 Å². The van der Waals surface area contributed by atoms with Crippen molar-refractivity contribution in [1.82, 2.24) is 4.31 Å². The Kier molecular flexibility index (Phi) is 6.21. The minimum absolute atomic E-state index is 0.0175. The lowest BCUT2D eigenvalue weighted by atomic mass is 10.2. The number of carbonyl (C=O) groups is 1. The molecule has 0 aliphatic carbocycles. The summed E-state index contributed by atoms with van der Waals surface area (Å²) in [6.45, 7) is 1.89. The number of benzene rings is 1. The molecule has 1 atom stereocenters. The van der Waals surface area contributed by atoms with Gasteiger partial charge in [0.25, 0.3) is 0 Å². The number of carboxylic acids is 1. The van der Waals surface area contributed by atoms with Crippen LogP contribution in [0.25, 0.3) is 0 Å². The van der Waals surface area contributed by atoms with Crippen LogP contribution in [0.2, 0.25) is 0 Å². The number of carboxylic acid groups (broad SMARTS) is 1. The second kappa shape index (κ2) is 7.26. The number of aliphatic hydroxyl groups is 1. The number of aromatic carboxylic acids is 1. The topological polar surface area (TPSA) is 94.9 Å². The highest BCUT2D eigenvalue weighted by molar-refractivity contribution is 8.00. The lowest BCUT2D eigenvalue weighted by Crippen LogP contribution is -2.22. The molecule has 0 aromatic heterocycles. The molecule has 21 heavy (non-hydrogen) atoms. The van der Waals surface area contributed by atoms with E-state index in [-0.39, 0.29) is 22.3 Å². The van der Waals surface area contributed by atoms with E-state index in [1.807, 2.05) is 6.92 Å². The van der Waals surface area contributed by atoms with Gasteiger partial charge in [-0.3, -0.25) is 0 Å². The van der Waals surface area contributed by atoms with Gasteiger partial charge in [-0.15, -0.1) is 11.8 Å². The van der Waals surface area contributed by atoms with Gasteiger partial charge >= 0.3 is 5.97 Å². The fourth-order valence-corrected chi connectivity index (χ4v) is 3.61. The predicted octanol–water partition coefficient (Wildman–Crippen LogP) is 1.50. The summed E-state index contributed by atoms with van der Waals surface area (Å²) in [7, 11) is -0.886. The van der Waals surface area contributed by atoms with Crippen molar-refractivity contribution in [3.05, 3.63) is 23.8 Å². The second-order valence-corrected chi connectivity index (χ2v) is 8.32. The van der Waals surface area contributed by atoms with Crippen molar-refractivity contribution in [1.29, 1.82) is 0 Å². The lowest BCUT2D eigenvalue weighted by Gasteiger charge is -2.15. The molecule has 0 spiro atoms.